The van der Waals surface area contributed by atoms with E-state index in [9.17, 15) is 0 Å². The third kappa shape index (κ3) is 5.35. The quantitative estimate of drug-likeness (QED) is 0.785. The predicted octanol–water partition coefficient (Wildman–Crippen LogP) is 4.20. The summed E-state index contributed by atoms with van der Waals surface area (Å²) in [6, 6.07) is 2.44. The summed E-state index contributed by atoms with van der Waals surface area (Å²) >= 11 is 0. The van der Waals surface area contributed by atoms with Gasteiger partial charge in [0.05, 0.1) is 0 Å². The first-order chi connectivity index (χ1) is 9.36. The first-order valence-electron chi connectivity index (χ1n) is 7.76. The lowest BCUT2D eigenvalue weighted by atomic mass is 9.96. The van der Waals surface area contributed by atoms with Crippen molar-refractivity contribution >= 4 is 11.6 Å². The Balaban J connectivity index is 2.91. The maximum absolute atomic E-state index is 4.67. The van der Waals surface area contributed by atoms with Crippen LogP contribution in [0, 0.1) is 0 Å². The fraction of sp³-hybridized carbons (Fsp3) is 0.750. The fourth-order valence-corrected chi connectivity index (χ4v) is 1.96. The van der Waals surface area contributed by atoms with E-state index in [0.29, 0.717) is 6.04 Å². The first-order valence-corrected chi connectivity index (χ1v) is 7.76. The van der Waals surface area contributed by atoms with Crippen molar-refractivity contribution in [3.63, 3.8) is 0 Å². The maximum atomic E-state index is 4.67. The zero-order valence-corrected chi connectivity index (χ0v) is 13.9. The molecule has 1 atom stereocenters. The Hall–Kier alpha value is -1.32. The average molecular weight is 278 g/mol. The van der Waals surface area contributed by atoms with Crippen molar-refractivity contribution in [2.45, 2.75) is 72.3 Å². The van der Waals surface area contributed by atoms with Crippen LogP contribution in [0.2, 0.25) is 0 Å². The minimum Gasteiger partial charge on any atom is -0.370 e. The van der Waals surface area contributed by atoms with Gasteiger partial charge in [-0.15, -0.1) is 0 Å². The van der Waals surface area contributed by atoms with Crippen LogP contribution in [-0.2, 0) is 5.41 Å². The van der Waals surface area contributed by atoms with Gasteiger partial charge in [0.1, 0.15) is 17.5 Å². The number of rotatable bonds is 7. The van der Waals surface area contributed by atoms with Crippen LogP contribution in [0.1, 0.15) is 66.6 Å². The van der Waals surface area contributed by atoms with Gasteiger partial charge in [0.15, 0.2) is 0 Å². The summed E-state index contributed by atoms with van der Waals surface area (Å²) in [4.78, 5) is 9.27. The highest BCUT2D eigenvalue weighted by Gasteiger charge is 2.19. The minimum atomic E-state index is -0.0471. The third-order valence-corrected chi connectivity index (χ3v) is 3.14. The van der Waals surface area contributed by atoms with Crippen LogP contribution in [0.5, 0.6) is 0 Å². The Morgan fingerprint density at radius 1 is 1.15 bits per heavy atom. The van der Waals surface area contributed by atoms with Crippen molar-refractivity contribution in [3.8, 4) is 0 Å². The van der Waals surface area contributed by atoms with Gasteiger partial charge in [0, 0.05) is 24.1 Å². The van der Waals surface area contributed by atoms with E-state index in [4.69, 9.17) is 0 Å². The Bertz CT molecular complexity index is 409. The lowest BCUT2D eigenvalue weighted by molar-refractivity contribution is 0.545. The lowest BCUT2D eigenvalue weighted by Crippen LogP contribution is -2.21. The number of nitrogens with one attached hydrogen (secondary N) is 2. The van der Waals surface area contributed by atoms with E-state index in [1.807, 2.05) is 6.07 Å². The van der Waals surface area contributed by atoms with Gasteiger partial charge in [0.25, 0.3) is 0 Å². The molecule has 1 heterocycles. The van der Waals surface area contributed by atoms with Crippen LogP contribution in [0.4, 0.5) is 11.6 Å². The SMILES string of the molecule is CCCCC(C)Nc1cc(NCC)nc(C(C)(C)C)n1. The molecule has 0 aliphatic rings. The van der Waals surface area contributed by atoms with Gasteiger partial charge in [0.2, 0.25) is 0 Å². The highest BCUT2D eigenvalue weighted by molar-refractivity contribution is 5.48. The molecule has 0 aliphatic heterocycles. The number of aromatic nitrogens is 2. The van der Waals surface area contributed by atoms with Crippen LogP contribution < -0.4 is 10.6 Å². The molecule has 0 bridgehead atoms. The Morgan fingerprint density at radius 2 is 1.80 bits per heavy atom. The summed E-state index contributed by atoms with van der Waals surface area (Å²) in [7, 11) is 0. The second-order valence-electron chi connectivity index (χ2n) is 6.43. The van der Waals surface area contributed by atoms with Crippen molar-refractivity contribution < 1.29 is 0 Å². The summed E-state index contributed by atoms with van der Waals surface area (Å²) < 4.78 is 0. The minimum absolute atomic E-state index is 0.0471. The van der Waals surface area contributed by atoms with Crippen LogP contribution in [0.25, 0.3) is 0 Å². The molecule has 0 aliphatic carbocycles. The van der Waals surface area contributed by atoms with E-state index in [-0.39, 0.29) is 5.41 Å². The molecule has 4 nitrogen and oxygen atoms in total. The van der Waals surface area contributed by atoms with Crippen LogP contribution >= 0.6 is 0 Å². The molecule has 0 amide bonds. The number of unbranched alkanes of at least 4 members (excludes halogenated alkanes) is 1. The van der Waals surface area contributed by atoms with Crippen molar-refractivity contribution in [1.82, 2.24) is 9.97 Å². The molecule has 1 aromatic heterocycles. The van der Waals surface area contributed by atoms with Gasteiger partial charge in [-0.05, 0) is 20.3 Å². The number of hydrogen-bond acceptors (Lipinski definition) is 4. The summed E-state index contributed by atoms with van der Waals surface area (Å²) in [5.74, 6) is 2.70. The van der Waals surface area contributed by atoms with Gasteiger partial charge < -0.3 is 10.6 Å². The van der Waals surface area contributed by atoms with Crippen molar-refractivity contribution in [1.29, 1.82) is 0 Å². The summed E-state index contributed by atoms with van der Waals surface area (Å²) in [6.45, 7) is 13.8. The summed E-state index contributed by atoms with van der Waals surface area (Å²) in [5.41, 5.74) is -0.0471. The van der Waals surface area contributed by atoms with E-state index in [2.05, 4.69) is 62.1 Å². The molecule has 1 aromatic rings. The van der Waals surface area contributed by atoms with Crippen molar-refractivity contribution in [2.24, 2.45) is 0 Å². The highest BCUT2D eigenvalue weighted by Crippen LogP contribution is 2.23. The van der Waals surface area contributed by atoms with Gasteiger partial charge in [-0.1, -0.05) is 40.5 Å². The molecule has 4 heteroatoms. The first kappa shape index (κ1) is 16.7. The fourth-order valence-electron chi connectivity index (χ4n) is 1.96. The Kier molecular flexibility index (Phi) is 6.24. The normalized spacial score (nSPS) is 13.1. The molecule has 0 spiro atoms. The second-order valence-corrected chi connectivity index (χ2v) is 6.43. The van der Waals surface area contributed by atoms with Crippen molar-refractivity contribution in [2.75, 3.05) is 17.2 Å². The van der Waals surface area contributed by atoms with Gasteiger partial charge in [-0.2, -0.15) is 0 Å². The summed E-state index contributed by atoms with van der Waals surface area (Å²) in [5, 5.41) is 6.78. The van der Waals surface area contributed by atoms with Gasteiger partial charge >= 0.3 is 0 Å². The zero-order chi connectivity index (χ0) is 15.2. The van der Waals surface area contributed by atoms with Crippen LogP contribution in [-0.4, -0.2) is 22.6 Å². The standard InChI is InChI=1S/C16H30N4/c1-7-9-10-12(3)18-14-11-13(17-8-2)19-15(20-14)16(4,5)6/h11-12H,7-10H2,1-6H3,(H2,17,18,19,20). The van der Waals surface area contributed by atoms with Crippen molar-refractivity contribution in [3.05, 3.63) is 11.9 Å². The molecule has 114 valence electrons. The molecular formula is C16H30N4. The third-order valence-electron chi connectivity index (χ3n) is 3.14. The molecule has 1 rings (SSSR count). The molecule has 1 unspecified atom stereocenters. The van der Waals surface area contributed by atoms with Gasteiger partial charge in [-0.25, -0.2) is 9.97 Å². The lowest BCUT2D eigenvalue weighted by Gasteiger charge is -2.21. The number of nitrogens with zero attached hydrogens (tertiary/aromatic N) is 2. The maximum Gasteiger partial charge on any atom is 0.138 e. The van der Waals surface area contributed by atoms with E-state index in [1.54, 1.807) is 0 Å². The molecule has 0 aromatic carbocycles. The molecular weight excluding hydrogens is 248 g/mol. The molecule has 2 N–H and O–H groups in total. The molecule has 0 radical (unpaired) electrons. The smallest absolute Gasteiger partial charge is 0.138 e. The predicted molar refractivity (Wildman–Crippen MR) is 87.5 cm³/mol. The monoisotopic (exact) mass is 278 g/mol. The highest BCUT2D eigenvalue weighted by atomic mass is 15.1. The van der Waals surface area contributed by atoms with E-state index in [1.165, 1.54) is 19.3 Å². The van der Waals surface area contributed by atoms with E-state index in [0.717, 1.165) is 24.0 Å². The number of hydrogen-bond donors (Lipinski definition) is 2. The van der Waals surface area contributed by atoms with Crippen LogP contribution in [0.15, 0.2) is 6.07 Å². The zero-order valence-electron chi connectivity index (χ0n) is 13.9. The molecule has 0 saturated heterocycles. The average Bonchev–Trinajstić information content (AvgIpc) is 2.35. The van der Waals surface area contributed by atoms with E-state index >= 15 is 0 Å². The van der Waals surface area contributed by atoms with Crippen LogP contribution in [0.3, 0.4) is 0 Å². The van der Waals surface area contributed by atoms with E-state index < -0.39 is 0 Å². The topological polar surface area (TPSA) is 49.8 Å². The second kappa shape index (κ2) is 7.46. The molecule has 0 saturated carbocycles. The largest absolute Gasteiger partial charge is 0.370 e. The van der Waals surface area contributed by atoms with Gasteiger partial charge in [-0.3, -0.25) is 0 Å². The molecule has 20 heavy (non-hydrogen) atoms. The number of anilines is 2. The molecule has 0 fully saturated rings. The Labute approximate surface area is 123 Å². The Morgan fingerprint density at radius 3 is 2.35 bits per heavy atom. The summed E-state index contributed by atoms with van der Waals surface area (Å²) in [6.07, 6.45) is 3.64.